The number of hydrogen-bond donors (Lipinski definition) is 1. The molecule has 0 amide bonds. The van der Waals surface area contributed by atoms with Crippen molar-refractivity contribution in [1.82, 2.24) is 10.2 Å². The molecule has 0 bridgehead atoms. The Morgan fingerprint density at radius 2 is 1.71 bits per heavy atom. The van der Waals surface area contributed by atoms with Crippen LogP contribution < -0.4 is 5.32 Å². The number of piperidine rings is 1. The molecule has 17 heavy (non-hydrogen) atoms. The Balaban J connectivity index is 1.38. The van der Waals surface area contributed by atoms with Crippen LogP contribution in [0.15, 0.2) is 0 Å². The molecule has 1 atom stereocenters. The molecule has 2 nitrogen and oxygen atoms in total. The van der Waals surface area contributed by atoms with E-state index in [1.165, 1.54) is 77.5 Å². The van der Waals surface area contributed by atoms with Crippen LogP contribution in [0.3, 0.4) is 0 Å². The molecule has 0 aromatic carbocycles. The van der Waals surface area contributed by atoms with Gasteiger partial charge < -0.3 is 10.2 Å². The predicted octanol–water partition coefficient (Wildman–Crippen LogP) is 2.64. The van der Waals surface area contributed by atoms with Crippen molar-refractivity contribution in [2.45, 2.75) is 57.4 Å². The van der Waals surface area contributed by atoms with Crippen molar-refractivity contribution in [3.63, 3.8) is 0 Å². The molecule has 3 fully saturated rings. The summed E-state index contributed by atoms with van der Waals surface area (Å²) in [7, 11) is 0. The van der Waals surface area contributed by atoms with Gasteiger partial charge in [0.15, 0.2) is 0 Å². The van der Waals surface area contributed by atoms with E-state index in [9.17, 15) is 0 Å². The van der Waals surface area contributed by atoms with Crippen molar-refractivity contribution in [2.75, 3.05) is 26.2 Å². The van der Waals surface area contributed by atoms with Gasteiger partial charge in [-0.25, -0.2) is 0 Å². The molecule has 3 aliphatic rings. The summed E-state index contributed by atoms with van der Waals surface area (Å²) in [6.07, 6.45) is 11.7. The Morgan fingerprint density at radius 3 is 2.47 bits per heavy atom. The van der Waals surface area contributed by atoms with Crippen LogP contribution in [0.4, 0.5) is 0 Å². The van der Waals surface area contributed by atoms with E-state index in [-0.39, 0.29) is 0 Å². The van der Waals surface area contributed by atoms with Crippen molar-refractivity contribution in [2.24, 2.45) is 11.8 Å². The summed E-state index contributed by atoms with van der Waals surface area (Å²) in [6.45, 7) is 5.37. The second-order valence-corrected chi connectivity index (χ2v) is 6.60. The molecule has 2 saturated carbocycles. The lowest BCUT2D eigenvalue weighted by Crippen LogP contribution is -2.47. The molecule has 1 N–H and O–H groups in total. The molecule has 0 aromatic rings. The third kappa shape index (κ3) is 3.69. The Hall–Kier alpha value is -0.0800. The number of rotatable bonds is 5. The molecule has 1 aliphatic heterocycles. The second-order valence-electron chi connectivity index (χ2n) is 6.60. The van der Waals surface area contributed by atoms with Gasteiger partial charge in [-0.2, -0.15) is 0 Å². The van der Waals surface area contributed by atoms with Crippen molar-refractivity contribution in [1.29, 1.82) is 0 Å². The highest BCUT2D eigenvalue weighted by molar-refractivity contribution is 4.83. The van der Waals surface area contributed by atoms with Crippen molar-refractivity contribution < 1.29 is 0 Å². The van der Waals surface area contributed by atoms with E-state index < -0.39 is 0 Å². The highest BCUT2D eigenvalue weighted by Crippen LogP contribution is 2.29. The molecule has 1 heterocycles. The van der Waals surface area contributed by atoms with Crippen LogP contribution in [0.5, 0.6) is 0 Å². The fourth-order valence-corrected chi connectivity index (χ4v) is 3.60. The van der Waals surface area contributed by atoms with Crippen molar-refractivity contribution in [3.8, 4) is 0 Å². The number of likely N-dealkylation sites (tertiary alicyclic amines) is 1. The molecule has 1 unspecified atom stereocenters. The van der Waals surface area contributed by atoms with Gasteiger partial charge in [0.25, 0.3) is 0 Å². The lowest BCUT2D eigenvalue weighted by Gasteiger charge is -2.34. The van der Waals surface area contributed by atoms with Gasteiger partial charge >= 0.3 is 0 Å². The highest BCUT2D eigenvalue weighted by Gasteiger charge is 2.26. The van der Waals surface area contributed by atoms with E-state index in [0.29, 0.717) is 0 Å². The van der Waals surface area contributed by atoms with E-state index in [2.05, 4.69) is 10.2 Å². The molecule has 0 aromatic heterocycles. The molecule has 0 spiro atoms. The van der Waals surface area contributed by atoms with Crippen LogP contribution in [-0.2, 0) is 0 Å². The zero-order valence-electron chi connectivity index (χ0n) is 11.2. The summed E-state index contributed by atoms with van der Waals surface area (Å²) < 4.78 is 0. The van der Waals surface area contributed by atoms with Crippen LogP contribution in [0.25, 0.3) is 0 Å². The second kappa shape index (κ2) is 5.71. The molecular weight excluding hydrogens is 208 g/mol. The Bertz CT molecular complexity index is 231. The normalized spacial score (nSPS) is 32.1. The van der Waals surface area contributed by atoms with Gasteiger partial charge in [0.1, 0.15) is 0 Å². The van der Waals surface area contributed by atoms with E-state index in [1.807, 2.05) is 0 Å². The topological polar surface area (TPSA) is 15.3 Å². The minimum absolute atomic E-state index is 0.797. The highest BCUT2D eigenvalue weighted by atomic mass is 15.2. The van der Waals surface area contributed by atoms with E-state index in [0.717, 1.165) is 17.9 Å². The van der Waals surface area contributed by atoms with E-state index in [1.54, 1.807) is 0 Å². The average Bonchev–Trinajstić information content (AvgIpc) is 3.05. The molecule has 2 heteroatoms. The molecule has 2 aliphatic carbocycles. The summed E-state index contributed by atoms with van der Waals surface area (Å²) in [5.74, 6) is 2.05. The predicted molar refractivity (Wildman–Crippen MR) is 72.1 cm³/mol. The fourth-order valence-electron chi connectivity index (χ4n) is 3.60. The Labute approximate surface area is 106 Å². The summed E-state index contributed by atoms with van der Waals surface area (Å²) in [6, 6.07) is 0.797. The van der Waals surface area contributed by atoms with Gasteiger partial charge in [-0.3, -0.25) is 0 Å². The first-order chi connectivity index (χ1) is 8.40. The average molecular weight is 236 g/mol. The van der Waals surface area contributed by atoms with Crippen LogP contribution in [-0.4, -0.2) is 37.1 Å². The SMILES string of the molecule is C1CCC(CN2CCCC(NCC3CC3)C2)C1. The fraction of sp³-hybridized carbons (Fsp3) is 1.00. The maximum atomic E-state index is 3.80. The summed E-state index contributed by atoms with van der Waals surface area (Å²) >= 11 is 0. The summed E-state index contributed by atoms with van der Waals surface area (Å²) in [5, 5.41) is 3.80. The quantitative estimate of drug-likeness (QED) is 0.789. The molecule has 0 radical (unpaired) electrons. The van der Waals surface area contributed by atoms with Gasteiger partial charge in [-0.05, 0) is 63.5 Å². The minimum Gasteiger partial charge on any atom is -0.312 e. The third-order valence-corrected chi connectivity index (χ3v) is 4.89. The van der Waals surface area contributed by atoms with Crippen LogP contribution in [0.2, 0.25) is 0 Å². The van der Waals surface area contributed by atoms with Crippen molar-refractivity contribution >= 4 is 0 Å². The lowest BCUT2D eigenvalue weighted by atomic mass is 10.0. The first-order valence-electron chi connectivity index (χ1n) is 7.86. The smallest absolute Gasteiger partial charge is 0.0195 e. The van der Waals surface area contributed by atoms with Gasteiger partial charge in [-0.1, -0.05) is 12.8 Å². The maximum absolute atomic E-state index is 3.80. The van der Waals surface area contributed by atoms with Gasteiger partial charge in [0, 0.05) is 19.1 Å². The number of nitrogens with zero attached hydrogens (tertiary/aromatic N) is 1. The standard InChI is InChI=1S/C15H28N2/c1-2-5-14(4-1)11-17-9-3-6-15(12-17)16-10-13-7-8-13/h13-16H,1-12H2. The van der Waals surface area contributed by atoms with Crippen LogP contribution >= 0.6 is 0 Å². The Kier molecular flexibility index (Phi) is 4.02. The molecule has 98 valence electrons. The Morgan fingerprint density at radius 1 is 0.882 bits per heavy atom. The number of hydrogen-bond acceptors (Lipinski definition) is 2. The molecular formula is C15H28N2. The maximum Gasteiger partial charge on any atom is 0.0195 e. The van der Waals surface area contributed by atoms with Crippen LogP contribution in [0, 0.1) is 11.8 Å². The van der Waals surface area contributed by atoms with Gasteiger partial charge in [0.05, 0.1) is 0 Å². The monoisotopic (exact) mass is 236 g/mol. The molecule has 3 rings (SSSR count). The summed E-state index contributed by atoms with van der Waals surface area (Å²) in [4.78, 5) is 2.74. The zero-order chi connectivity index (χ0) is 11.5. The van der Waals surface area contributed by atoms with Crippen LogP contribution in [0.1, 0.15) is 51.4 Å². The van der Waals surface area contributed by atoms with Gasteiger partial charge in [-0.15, -0.1) is 0 Å². The zero-order valence-corrected chi connectivity index (χ0v) is 11.2. The van der Waals surface area contributed by atoms with Gasteiger partial charge in [0.2, 0.25) is 0 Å². The lowest BCUT2D eigenvalue weighted by molar-refractivity contribution is 0.166. The van der Waals surface area contributed by atoms with E-state index in [4.69, 9.17) is 0 Å². The van der Waals surface area contributed by atoms with Crippen molar-refractivity contribution in [3.05, 3.63) is 0 Å². The minimum atomic E-state index is 0.797. The largest absolute Gasteiger partial charge is 0.312 e. The third-order valence-electron chi connectivity index (χ3n) is 4.89. The summed E-state index contributed by atoms with van der Waals surface area (Å²) in [5.41, 5.74) is 0. The number of nitrogens with one attached hydrogen (secondary N) is 1. The first kappa shape index (κ1) is 12.0. The van der Waals surface area contributed by atoms with E-state index >= 15 is 0 Å². The first-order valence-corrected chi connectivity index (χ1v) is 7.86. The molecule has 1 saturated heterocycles.